The molecule has 0 radical (unpaired) electrons. The molecule has 0 spiro atoms. The van der Waals surface area contributed by atoms with Crippen molar-refractivity contribution in [3.05, 3.63) is 37.1 Å². The third-order valence-electron chi connectivity index (χ3n) is 2.48. The maximum absolute atomic E-state index is 5.52. The molecule has 112 valence electrons. The zero-order valence-corrected chi connectivity index (χ0v) is 13.1. The van der Waals surface area contributed by atoms with Gasteiger partial charge in [-0.25, -0.2) is 0 Å². The van der Waals surface area contributed by atoms with Crippen molar-refractivity contribution in [1.82, 2.24) is 5.32 Å². The fourth-order valence-corrected chi connectivity index (χ4v) is 0.957. The summed E-state index contributed by atoms with van der Waals surface area (Å²) in [6, 6.07) is 0.148. The van der Waals surface area contributed by atoms with E-state index in [-0.39, 0.29) is 6.04 Å². The molecule has 0 heterocycles. The van der Waals surface area contributed by atoms with Gasteiger partial charge >= 0.3 is 0 Å². The second-order valence-corrected chi connectivity index (χ2v) is 4.49. The van der Waals surface area contributed by atoms with Gasteiger partial charge in [0.2, 0.25) is 0 Å². The lowest BCUT2D eigenvalue weighted by molar-refractivity contribution is 0.0534. The van der Waals surface area contributed by atoms with Crippen LogP contribution in [0.25, 0.3) is 0 Å². The second kappa shape index (κ2) is 15.0. The van der Waals surface area contributed by atoms with Gasteiger partial charge in [0.15, 0.2) is 0 Å². The lowest BCUT2D eigenvalue weighted by Gasteiger charge is -2.26. The Kier molecular flexibility index (Phi) is 16.0. The maximum atomic E-state index is 5.52. The Hall–Kier alpha value is -1.06. The average molecular weight is 268 g/mol. The van der Waals surface area contributed by atoms with E-state index in [2.05, 4.69) is 25.4 Å². The van der Waals surface area contributed by atoms with Gasteiger partial charge in [0.05, 0.1) is 11.9 Å². The van der Waals surface area contributed by atoms with Crippen LogP contribution in [0.4, 0.5) is 0 Å². The minimum absolute atomic E-state index is 0.148. The molecule has 0 bridgehead atoms. The van der Waals surface area contributed by atoms with E-state index in [1.165, 1.54) is 19.3 Å². The van der Waals surface area contributed by atoms with Crippen molar-refractivity contribution in [3.63, 3.8) is 0 Å². The van der Waals surface area contributed by atoms with Gasteiger partial charge < -0.3 is 15.8 Å². The number of hydrogen-bond acceptors (Lipinski definition) is 3. The highest BCUT2D eigenvalue weighted by molar-refractivity contribution is 5.02. The highest BCUT2D eigenvalue weighted by Crippen LogP contribution is 2.23. The van der Waals surface area contributed by atoms with Crippen molar-refractivity contribution in [2.24, 2.45) is 5.73 Å². The smallest absolute Gasteiger partial charge is 0.0982 e. The zero-order chi connectivity index (χ0) is 15.1. The molecule has 19 heavy (non-hydrogen) atoms. The molecule has 1 fully saturated rings. The van der Waals surface area contributed by atoms with E-state index < -0.39 is 0 Å². The summed E-state index contributed by atoms with van der Waals surface area (Å²) in [6.45, 7) is 14.0. The van der Waals surface area contributed by atoms with E-state index in [1.54, 1.807) is 12.2 Å². The molecule has 3 N–H and O–H groups in total. The molecule has 0 aliphatic heterocycles. The summed E-state index contributed by atoms with van der Waals surface area (Å²) < 4.78 is 5.52. The molecule has 3 heteroatoms. The van der Waals surface area contributed by atoms with Crippen LogP contribution in [0, 0.1) is 0 Å². The van der Waals surface area contributed by atoms with Gasteiger partial charge in [0.1, 0.15) is 0 Å². The average Bonchev–Trinajstić information content (AvgIpc) is 2.35. The molecule has 1 saturated carbocycles. The van der Waals surface area contributed by atoms with Gasteiger partial charge in [0, 0.05) is 6.04 Å². The Bertz CT molecular complexity index is 241. The lowest BCUT2D eigenvalue weighted by atomic mass is 9.96. The predicted octanol–water partition coefficient (Wildman–Crippen LogP) is 3.39. The van der Waals surface area contributed by atoms with E-state index in [0.29, 0.717) is 6.10 Å². The predicted molar refractivity (Wildman–Crippen MR) is 86.1 cm³/mol. The third-order valence-corrected chi connectivity index (χ3v) is 2.48. The highest BCUT2D eigenvalue weighted by Gasteiger charge is 2.18. The molecule has 1 aliphatic carbocycles. The first-order valence-corrected chi connectivity index (χ1v) is 7.00. The number of nitrogens with two attached hydrogens (primary N) is 1. The minimum Gasteiger partial charge on any atom is -0.495 e. The van der Waals surface area contributed by atoms with Gasteiger partial charge in [0.25, 0.3) is 0 Å². The molecule has 0 amide bonds. The van der Waals surface area contributed by atoms with E-state index >= 15 is 0 Å². The highest BCUT2D eigenvalue weighted by atomic mass is 16.5. The Morgan fingerprint density at radius 2 is 1.95 bits per heavy atom. The zero-order valence-electron chi connectivity index (χ0n) is 13.1. The van der Waals surface area contributed by atoms with Gasteiger partial charge in [-0.15, -0.1) is 6.58 Å². The van der Waals surface area contributed by atoms with Crippen molar-refractivity contribution in [2.45, 2.75) is 52.2 Å². The van der Waals surface area contributed by atoms with Crippen molar-refractivity contribution in [1.29, 1.82) is 0 Å². The first-order valence-electron chi connectivity index (χ1n) is 7.00. The lowest BCUT2D eigenvalue weighted by Crippen LogP contribution is -2.20. The maximum Gasteiger partial charge on any atom is 0.0982 e. The summed E-state index contributed by atoms with van der Waals surface area (Å²) in [6.07, 6.45) is 9.62. The molecular weight excluding hydrogens is 236 g/mol. The molecule has 3 nitrogen and oxygen atoms in total. The van der Waals surface area contributed by atoms with Crippen LogP contribution in [0.15, 0.2) is 37.1 Å². The molecule has 1 unspecified atom stereocenters. The first kappa shape index (κ1) is 20.3. The van der Waals surface area contributed by atoms with Crippen LogP contribution in [0.5, 0.6) is 0 Å². The summed E-state index contributed by atoms with van der Waals surface area (Å²) in [5.41, 5.74) is 5.17. The third kappa shape index (κ3) is 16.9. The number of ether oxygens (including phenoxy) is 1. The van der Waals surface area contributed by atoms with Gasteiger partial charge in [-0.3, -0.25) is 0 Å². The van der Waals surface area contributed by atoms with Crippen LogP contribution in [-0.4, -0.2) is 25.7 Å². The number of rotatable bonds is 5. The van der Waals surface area contributed by atoms with Crippen LogP contribution < -0.4 is 11.1 Å². The van der Waals surface area contributed by atoms with E-state index in [4.69, 9.17) is 10.5 Å². The Balaban J connectivity index is 0. The normalized spacial score (nSPS) is 15.7. The van der Waals surface area contributed by atoms with Crippen molar-refractivity contribution in [2.75, 3.05) is 13.6 Å². The largest absolute Gasteiger partial charge is 0.495 e. The number of hydrogen-bond donors (Lipinski definition) is 2. The van der Waals surface area contributed by atoms with Crippen molar-refractivity contribution >= 4 is 0 Å². The number of nitrogens with one attached hydrogen (secondary N) is 1. The fraction of sp³-hybridized carbons (Fsp3) is 0.625. The summed E-state index contributed by atoms with van der Waals surface area (Å²) in [7, 11) is 1.93. The van der Waals surface area contributed by atoms with E-state index in [1.807, 2.05) is 27.0 Å². The molecule has 0 saturated heterocycles. The van der Waals surface area contributed by atoms with E-state index in [0.717, 1.165) is 12.3 Å². The Morgan fingerprint density at radius 3 is 2.16 bits per heavy atom. The molecule has 1 aliphatic rings. The van der Waals surface area contributed by atoms with Crippen molar-refractivity contribution in [3.8, 4) is 0 Å². The summed E-state index contributed by atoms with van der Waals surface area (Å²) in [5.74, 6) is 0.986. The van der Waals surface area contributed by atoms with Crippen molar-refractivity contribution < 1.29 is 4.74 Å². The molecule has 1 rings (SSSR count). The Morgan fingerprint density at radius 1 is 1.47 bits per heavy atom. The fourth-order valence-electron chi connectivity index (χ4n) is 0.957. The summed E-state index contributed by atoms with van der Waals surface area (Å²) in [5, 5.41) is 2.93. The minimum atomic E-state index is 0.148. The molecule has 0 aromatic rings. The first-order chi connectivity index (χ1) is 9.01. The monoisotopic (exact) mass is 268 g/mol. The standard InChI is InChI=1S/C9H14O.C4H9N.C3H9N/c1-3-5-8(2)10-9-6-4-7-9;1-3-4(2)5;1-3-4-2/h3,5,9H,1,4,6-7H2,2H3;3-4H,1,5H2,2H3;4H,3H2,1-2H3/b8-5+;;. The van der Waals surface area contributed by atoms with E-state index in [9.17, 15) is 0 Å². The van der Waals surface area contributed by atoms with Crippen LogP contribution >= 0.6 is 0 Å². The van der Waals surface area contributed by atoms with Gasteiger partial charge in [-0.05, 0) is 52.8 Å². The Labute approximate surface area is 119 Å². The van der Waals surface area contributed by atoms with Crippen LogP contribution in [0.3, 0.4) is 0 Å². The van der Waals surface area contributed by atoms with Crippen LogP contribution in [-0.2, 0) is 4.74 Å². The molecule has 0 aromatic carbocycles. The topological polar surface area (TPSA) is 47.3 Å². The summed E-state index contributed by atoms with van der Waals surface area (Å²) in [4.78, 5) is 0. The van der Waals surface area contributed by atoms with Gasteiger partial charge in [-0.2, -0.15) is 0 Å². The van der Waals surface area contributed by atoms with Crippen LogP contribution in [0.1, 0.15) is 40.0 Å². The molecule has 1 atom stereocenters. The molecule has 0 aromatic heterocycles. The number of allylic oxidation sites excluding steroid dienone is 3. The van der Waals surface area contributed by atoms with Crippen LogP contribution in [0.2, 0.25) is 0 Å². The second-order valence-electron chi connectivity index (χ2n) is 4.49. The molecular formula is C16H32N2O. The summed E-state index contributed by atoms with van der Waals surface area (Å²) >= 11 is 0. The quantitative estimate of drug-likeness (QED) is 0.456. The SMILES string of the molecule is C=C/C=C(\C)OC1CCC1.C=CC(C)N.CCNC. The van der Waals surface area contributed by atoms with Gasteiger partial charge in [-0.1, -0.05) is 25.7 Å².